The number of nitrogens with zero attached hydrogens (tertiary/aromatic N) is 2. The van der Waals surface area contributed by atoms with Gasteiger partial charge in [-0.2, -0.15) is 5.10 Å². The molecule has 3 nitrogen and oxygen atoms in total. The molecule has 0 aliphatic carbocycles. The summed E-state index contributed by atoms with van der Waals surface area (Å²) in [6.45, 7) is 0. The maximum Gasteiger partial charge on any atom is 0.135 e. The molecule has 0 spiro atoms. The van der Waals surface area contributed by atoms with Gasteiger partial charge >= 0.3 is 0 Å². The van der Waals surface area contributed by atoms with Gasteiger partial charge in [0.15, 0.2) is 0 Å². The van der Waals surface area contributed by atoms with Crippen molar-refractivity contribution < 1.29 is 0 Å². The standard InChI is InChI=1S/C3H6IN3/c1-5-7-3-6-2-4/h2-3,5H,1H3/b6-2?,7-3-. The van der Waals surface area contributed by atoms with E-state index in [1.54, 1.807) is 11.3 Å². The lowest BCUT2D eigenvalue weighted by atomic mass is 11.3. The second-order valence-corrected chi connectivity index (χ2v) is 1.27. The van der Waals surface area contributed by atoms with Gasteiger partial charge in [-0.15, -0.1) is 0 Å². The maximum absolute atomic E-state index is 3.67. The van der Waals surface area contributed by atoms with Crippen LogP contribution in [0, 0.1) is 0 Å². The van der Waals surface area contributed by atoms with Crippen LogP contribution in [0.4, 0.5) is 0 Å². The molecular weight excluding hydrogens is 205 g/mol. The Labute approximate surface area is 56.0 Å². The van der Waals surface area contributed by atoms with Crippen LogP contribution in [0.15, 0.2) is 10.1 Å². The van der Waals surface area contributed by atoms with Crippen molar-refractivity contribution in [2.45, 2.75) is 0 Å². The van der Waals surface area contributed by atoms with Crippen LogP contribution >= 0.6 is 22.6 Å². The predicted molar refractivity (Wildman–Crippen MR) is 40.1 cm³/mol. The predicted octanol–water partition coefficient (Wildman–Crippen LogP) is 0.612. The van der Waals surface area contributed by atoms with Crippen LogP contribution in [-0.2, 0) is 0 Å². The summed E-state index contributed by atoms with van der Waals surface area (Å²) in [6.07, 6.45) is 1.44. The van der Waals surface area contributed by atoms with E-state index in [1.165, 1.54) is 6.34 Å². The first-order chi connectivity index (χ1) is 3.41. The van der Waals surface area contributed by atoms with Crippen LogP contribution in [0.25, 0.3) is 0 Å². The fourth-order valence-corrected chi connectivity index (χ4v) is 0.260. The second-order valence-electron chi connectivity index (χ2n) is 0.715. The highest BCUT2D eigenvalue weighted by Gasteiger charge is 1.55. The number of halogens is 1. The molecule has 0 amide bonds. The molecule has 0 rings (SSSR count). The van der Waals surface area contributed by atoms with Crippen LogP contribution in [0.1, 0.15) is 0 Å². The van der Waals surface area contributed by atoms with E-state index in [0.717, 1.165) is 0 Å². The number of nitrogens with one attached hydrogen (secondary N) is 1. The fraction of sp³-hybridized carbons (Fsp3) is 0.333. The van der Waals surface area contributed by atoms with Gasteiger partial charge in [0.05, 0.1) is 4.22 Å². The summed E-state index contributed by atoms with van der Waals surface area (Å²) < 4.78 is 1.64. The van der Waals surface area contributed by atoms with Crippen molar-refractivity contribution in [1.29, 1.82) is 0 Å². The highest BCUT2D eigenvalue weighted by Crippen LogP contribution is 1.66. The summed E-state index contributed by atoms with van der Waals surface area (Å²) in [5.41, 5.74) is 2.55. The van der Waals surface area contributed by atoms with Crippen molar-refractivity contribution in [2.24, 2.45) is 10.1 Å². The van der Waals surface area contributed by atoms with Crippen molar-refractivity contribution in [2.75, 3.05) is 7.05 Å². The molecule has 0 bridgehead atoms. The average Bonchev–Trinajstić information content (AvgIpc) is 1.69. The largest absolute Gasteiger partial charge is 0.312 e. The Morgan fingerprint density at radius 1 is 1.71 bits per heavy atom. The van der Waals surface area contributed by atoms with E-state index in [4.69, 9.17) is 0 Å². The van der Waals surface area contributed by atoms with E-state index in [2.05, 4.69) is 15.5 Å². The van der Waals surface area contributed by atoms with Crippen LogP contribution in [0.2, 0.25) is 0 Å². The molecule has 0 heterocycles. The first kappa shape index (κ1) is 6.87. The molecular formula is C3H6IN3. The number of hydrazone groups is 1. The Morgan fingerprint density at radius 3 is 2.86 bits per heavy atom. The van der Waals surface area contributed by atoms with E-state index >= 15 is 0 Å². The lowest BCUT2D eigenvalue weighted by molar-refractivity contribution is 0.905. The van der Waals surface area contributed by atoms with Gasteiger partial charge in [0, 0.05) is 7.05 Å². The summed E-state index contributed by atoms with van der Waals surface area (Å²) >= 11 is 2.02. The number of hydrogen-bond acceptors (Lipinski definition) is 2. The highest BCUT2D eigenvalue weighted by molar-refractivity contribution is 14.1. The molecule has 0 unspecified atom stereocenters. The van der Waals surface area contributed by atoms with E-state index in [-0.39, 0.29) is 0 Å². The van der Waals surface area contributed by atoms with Crippen molar-refractivity contribution >= 4 is 33.2 Å². The Bertz CT molecular complexity index is 78.2. The van der Waals surface area contributed by atoms with Gasteiger partial charge < -0.3 is 5.43 Å². The monoisotopic (exact) mass is 211 g/mol. The number of rotatable bonds is 2. The molecule has 0 aromatic heterocycles. The van der Waals surface area contributed by atoms with Crippen molar-refractivity contribution in [1.82, 2.24) is 5.43 Å². The molecule has 7 heavy (non-hydrogen) atoms. The van der Waals surface area contributed by atoms with Gasteiger partial charge in [-0.1, -0.05) is 0 Å². The smallest absolute Gasteiger partial charge is 0.135 e. The summed E-state index contributed by atoms with van der Waals surface area (Å²) in [5.74, 6) is 0. The van der Waals surface area contributed by atoms with Gasteiger partial charge in [-0.3, -0.25) is 0 Å². The Balaban J connectivity index is 3.09. The maximum atomic E-state index is 3.67. The van der Waals surface area contributed by atoms with E-state index < -0.39 is 0 Å². The Kier molecular flexibility index (Phi) is 5.76. The minimum Gasteiger partial charge on any atom is -0.312 e. The van der Waals surface area contributed by atoms with Crippen LogP contribution < -0.4 is 5.43 Å². The van der Waals surface area contributed by atoms with E-state index in [0.29, 0.717) is 0 Å². The van der Waals surface area contributed by atoms with Gasteiger partial charge in [0.25, 0.3) is 0 Å². The molecule has 0 saturated carbocycles. The third kappa shape index (κ3) is 5.87. The molecule has 40 valence electrons. The third-order valence-corrected chi connectivity index (χ3v) is 0.631. The minimum atomic E-state index is 1.44. The molecule has 0 fully saturated rings. The van der Waals surface area contributed by atoms with Crippen molar-refractivity contribution in [3.8, 4) is 0 Å². The fourth-order valence-electron chi connectivity index (χ4n) is 0.116. The van der Waals surface area contributed by atoms with E-state index in [9.17, 15) is 0 Å². The zero-order chi connectivity index (χ0) is 5.54. The van der Waals surface area contributed by atoms with Crippen molar-refractivity contribution in [3.63, 3.8) is 0 Å². The zero-order valence-electron chi connectivity index (χ0n) is 3.93. The highest BCUT2D eigenvalue weighted by atomic mass is 127. The third-order valence-electron chi connectivity index (χ3n) is 0.310. The molecule has 0 aliphatic heterocycles. The van der Waals surface area contributed by atoms with E-state index in [1.807, 2.05) is 22.6 Å². The quantitative estimate of drug-likeness (QED) is 0.309. The second kappa shape index (κ2) is 5.87. The summed E-state index contributed by atoms with van der Waals surface area (Å²) in [7, 11) is 1.72. The summed E-state index contributed by atoms with van der Waals surface area (Å²) in [4.78, 5) is 3.67. The molecule has 1 N–H and O–H groups in total. The van der Waals surface area contributed by atoms with Gasteiger partial charge in [0.2, 0.25) is 0 Å². The van der Waals surface area contributed by atoms with Crippen LogP contribution in [0.5, 0.6) is 0 Å². The molecule has 4 heteroatoms. The van der Waals surface area contributed by atoms with Gasteiger partial charge in [-0.05, 0) is 22.6 Å². The summed E-state index contributed by atoms with van der Waals surface area (Å²) in [6, 6.07) is 0. The lowest BCUT2D eigenvalue weighted by Gasteiger charge is -1.77. The molecule has 0 saturated heterocycles. The molecule has 0 aromatic carbocycles. The van der Waals surface area contributed by atoms with Gasteiger partial charge in [0.1, 0.15) is 6.34 Å². The topological polar surface area (TPSA) is 36.8 Å². The number of aliphatic imine (C=N–C) groups is 1. The van der Waals surface area contributed by atoms with Crippen LogP contribution in [0.3, 0.4) is 0 Å². The number of hydrogen-bond donors (Lipinski definition) is 1. The molecule has 0 aliphatic rings. The molecule has 0 aromatic rings. The first-order valence-corrected chi connectivity index (χ1v) is 2.96. The zero-order valence-corrected chi connectivity index (χ0v) is 6.08. The minimum absolute atomic E-state index is 1.44. The first-order valence-electron chi connectivity index (χ1n) is 1.72. The average molecular weight is 211 g/mol. The van der Waals surface area contributed by atoms with Crippen LogP contribution in [-0.4, -0.2) is 17.6 Å². The Hall–Kier alpha value is -0.130. The molecule has 0 radical (unpaired) electrons. The lowest BCUT2D eigenvalue weighted by Crippen LogP contribution is -1.91. The normalized spacial score (nSPS) is 11.1. The van der Waals surface area contributed by atoms with Gasteiger partial charge in [-0.25, -0.2) is 4.99 Å². The Morgan fingerprint density at radius 2 is 2.43 bits per heavy atom. The SMILES string of the molecule is CN/N=C\N=CI. The molecule has 0 atom stereocenters. The van der Waals surface area contributed by atoms with Crippen molar-refractivity contribution in [3.05, 3.63) is 0 Å². The summed E-state index contributed by atoms with van der Waals surface area (Å²) in [5, 5.41) is 3.58.